The Bertz CT molecular complexity index is 721. The molecule has 1 aromatic heterocycles. The molecule has 0 spiro atoms. The highest BCUT2D eigenvalue weighted by atomic mass is 16.1. The van der Waals surface area contributed by atoms with Gasteiger partial charge in [0.15, 0.2) is 0 Å². The van der Waals surface area contributed by atoms with Gasteiger partial charge in [0.2, 0.25) is 0 Å². The largest absolute Gasteiger partial charge is 0.357 e. The molecule has 4 nitrogen and oxygen atoms in total. The highest BCUT2D eigenvalue weighted by Gasteiger charge is 2.14. The van der Waals surface area contributed by atoms with E-state index in [-0.39, 0.29) is 11.3 Å². The summed E-state index contributed by atoms with van der Waals surface area (Å²) in [5.74, 6) is 0.849. The van der Waals surface area contributed by atoms with Crippen LogP contribution in [0.5, 0.6) is 0 Å². The maximum absolute atomic E-state index is 12.5. The first-order valence-electron chi connectivity index (χ1n) is 9.56. The van der Waals surface area contributed by atoms with Gasteiger partial charge in [0, 0.05) is 25.0 Å². The van der Waals surface area contributed by atoms with E-state index in [2.05, 4.69) is 48.1 Å². The van der Waals surface area contributed by atoms with E-state index in [0.717, 1.165) is 24.6 Å². The van der Waals surface area contributed by atoms with Gasteiger partial charge in [-0.1, -0.05) is 45.7 Å². The molecule has 2 aromatic rings. The second-order valence-corrected chi connectivity index (χ2v) is 8.09. The number of anilines is 2. The average molecular weight is 351 g/mol. The molecule has 1 N–H and O–H groups in total. The Morgan fingerprint density at radius 3 is 2.15 bits per heavy atom. The first kappa shape index (κ1) is 18.4. The number of carbonyl (C=O) groups is 1. The lowest BCUT2D eigenvalue weighted by molar-refractivity contribution is 0.102. The summed E-state index contributed by atoms with van der Waals surface area (Å²) in [5.41, 5.74) is 2.75. The van der Waals surface area contributed by atoms with E-state index < -0.39 is 0 Å². The van der Waals surface area contributed by atoms with Crippen molar-refractivity contribution in [3.63, 3.8) is 0 Å². The lowest BCUT2D eigenvalue weighted by atomic mass is 9.87. The van der Waals surface area contributed by atoms with Gasteiger partial charge < -0.3 is 10.2 Å². The molecule has 2 heterocycles. The van der Waals surface area contributed by atoms with E-state index in [9.17, 15) is 4.79 Å². The zero-order valence-corrected chi connectivity index (χ0v) is 16.1. The molecular weight excluding hydrogens is 322 g/mol. The van der Waals surface area contributed by atoms with Crippen molar-refractivity contribution in [2.24, 2.45) is 0 Å². The van der Waals surface area contributed by atoms with Gasteiger partial charge in [0.25, 0.3) is 5.91 Å². The lowest BCUT2D eigenvalue weighted by Gasteiger charge is -2.21. The zero-order valence-electron chi connectivity index (χ0n) is 16.1. The minimum atomic E-state index is -0.122. The third kappa shape index (κ3) is 4.63. The van der Waals surface area contributed by atoms with E-state index in [1.54, 1.807) is 6.20 Å². The second-order valence-electron chi connectivity index (χ2n) is 8.09. The van der Waals surface area contributed by atoms with Crippen molar-refractivity contribution in [3.05, 3.63) is 53.7 Å². The summed E-state index contributed by atoms with van der Waals surface area (Å²) in [6, 6.07) is 11.9. The van der Waals surface area contributed by atoms with Crippen LogP contribution in [-0.2, 0) is 5.41 Å². The molecule has 0 atom stereocenters. The van der Waals surface area contributed by atoms with Gasteiger partial charge >= 0.3 is 0 Å². The smallest absolute Gasteiger partial charge is 0.257 e. The molecule has 1 aliphatic heterocycles. The summed E-state index contributed by atoms with van der Waals surface area (Å²) >= 11 is 0. The van der Waals surface area contributed by atoms with Crippen LogP contribution in [0, 0.1) is 0 Å². The number of rotatable bonds is 3. The van der Waals surface area contributed by atoms with E-state index in [1.807, 2.05) is 24.3 Å². The molecule has 0 radical (unpaired) electrons. The van der Waals surface area contributed by atoms with Crippen LogP contribution < -0.4 is 10.2 Å². The molecule has 3 rings (SSSR count). The zero-order chi connectivity index (χ0) is 18.6. The van der Waals surface area contributed by atoms with E-state index in [0.29, 0.717) is 5.56 Å². The van der Waals surface area contributed by atoms with Gasteiger partial charge in [-0.05, 0) is 48.1 Å². The van der Waals surface area contributed by atoms with Gasteiger partial charge in [-0.2, -0.15) is 0 Å². The number of hydrogen-bond donors (Lipinski definition) is 1. The van der Waals surface area contributed by atoms with Crippen LogP contribution in [0.1, 0.15) is 62.4 Å². The summed E-state index contributed by atoms with van der Waals surface area (Å²) in [6.07, 6.45) is 6.71. The van der Waals surface area contributed by atoms with Crippen molar-refractivity contribution in [2.75, 3.05) is 23.3 Å². The van der Waals surface area contributed by atoms with E-state index in [1.165, 1.54) is 31.2 Å². The fraction of sp³-hybridized carbons (Fsp3) is 0.455. The van der Waals surface area contributed by atoms with Gasteiger partial charge in [-0.15, -0.1) is 0 Å². The molecule has 0 unspecified atom stereocenters. The molecule has 1 aliphatic rings. The van der Waals surface area contributed by atoms with Crippen LogP contribution in [0.2, 0.25) is 0 Å². The molecule has 4 heteroatoms. The number of pyridine rings is 1. The third-order valence-corrected chi connectivity index (χ3v) is 4.95. The molecule has 0 bridgehead atoms. The molecule has 1 fully saturated rings. The number of hydrogen-bond acceptors (Lipinski definition) is 3. The van der Waals surface area contributed by atoms with E-state index >= 15 is 0 Å². The summed E-state index contributed by atoms with van der Waals surface area (Å²) < 4.78 is 0. The van der Waals surface area contributed by atoms with Gasteiger partial charge in [0.1, 0.15) is 5.82 Å². The molecule has 1 amide bonds. The number of carbonyl (C=O) groups excluding carboxylic acids is 1. The summed E-state index contributed by atoms with van der Waals surface area (Å²) in [7, 11) is 0. The number of amides is 1. The summed E-state index contributed by atoms with van der Waals surface area (Å²) in [4.78, 5) is 19.3. The Hall–Kier alpha value is -2.36. The van der Waals surface area contributed by atoms with Gasteiger partial charge in [0.05, 0.1) is 5.56 Å². The van der Waals surface area contributed by atoms with Crippen molar-refractivity contribution in [3.8, 4) is 0 Å². The van der Waals surface area contributed by atoms with Gasteiger partial charge in [-0.25, -0.2) is 4.98 Å². The minimum absolute atomic E-state index is 0.107. The molecule has 26 heavy (non-hydrogen) atoms. The van der Waals surface area contributed by atoms with Crippen LogP contribution >= 0.6 is 0 Å². The maximum atomic E-state index is 12.5. The highest BCUT2D eigenvalue weighted by Crippen LogP contribution is 2.24. The van der Waals surface area contributed by atoms with Gasteiger partial charge in [-0.3, -0.25) is 4.79 Å². The number of nitrogens with one attached hydrogen (secondary N) is 1. The third-order valence-electron chi connectivity index (χ3n) is 4.95. The SMILES string of the molecule is CC(C)(C)c1ccc(NC(=O)c2ccc(N3CCCCCC3)nc2)cc1. The lowest BCUT2D eigenvalue weighted by Crippen LogP contribution is -2.25. The van der Waals surface area contributed by atoms with Crippen LogP contribution in [-0.4, -0.2) is 24.0 Å². The Morgan fingerprint density at radius 1 is 0.962 bits per heavy atom. The van der Waals surface area contributed by atoms with Crippen LogP contribution in [0.15, 0.2) is 42.6 Å². The van der Waals surface area contributed by atoms with Crippen molar-refractivity contribution < 1.29 is 4.79 Å². The monoisotopic (exact) mass is 351 g/mol. The predicted octanol–water partition coefficient (Wildman–Crippen LogP) is 5.01. The Labute approximate surface area is 156 Å². The Morgan fingerprint density at radius 2 is 1.62 bits per heavy atom. The first-order chi connectivity index (χ1) is 12.4. The fourth-order valence-electron chi connectivity index (χ4n) is 3.26. The molecular formula is C22H29N3O. The summed E-state index contributed by atoms with van der Waals surface area (Å²) in [6.45, 7) is 8.64. The summed E-state index contributed by atoms with van der Waals surface area (Å²) in [5, 5.41) is 2.95. The van der Waals surface area contributed by atoms with Crippen LogP contribution in [0.4, 0.5) is 11.5 Å². The van der Waals surface area contributed by atoms with E-state index in [4.69, 9.17) is 0 Å². The predicted molar refractivity (Wildman–Crippen MR) is 108 cm³/mol. The van der Waals surface area contributed by atoms with Crippen LogP contribution in [0.25, 0.3) is 0 Å². The Balaban J connectivity index is 1.64. The molecule has 1 saturated heterocycles. The molecule has 0 aliphatic carbocycles. The number of nitrogens with zero attached hydrogens (tertiary/aromatic N) is 2. The number of benzene rings is 1. The maximum Gasteiger partial charge on any atom is 0.257 e. The van der Waals surface area contributed by atoms with Crippen molar-refractivity contribution >= 4 is 17.4 Å². The van der Waals surface area contributed by atoms with Crippen molar-refractivity contribution in [2.45, 2.75) is 51.9 Å². The minimum Gasteiger partial charge on any atom is -0.357 e. The number of aromatic nitrogens is 1. The normalized spacial score (nSPS) is 15.4. The van der Waals surface area contributed by atoms with Crippen molar-refractivity contribution in [1.82, 2.24) is 4.98 Å². The standard InChI is InChI=1S/C22H29N3O/c1-22(2,3)18-9-11-19(12-10-18)24-21(26)17-8-13-20(23-16-17)25-14-6-4-5-7-15-25/h8-13,16H,4-7,14-15H2,1-3H3,(H,24,26). The topological polar surface area (TPSA) is 45.2 Å². The molecule has 1 aromatic carbocycles. The van der Waals surface area contributed by atoms with Crippen LogP contribution in [0.3, 0.4) is 0 Å². The first-order valence-corrected chi connectivity index (χ1v) is 9.56. The second kappa shape index (κ2) is 7.90. The average Bonchev–Trinajstić information content (AvgIpc) is 2.91. The highest BCUT2D eigenvalue weighted by molar-refractivity contribution is 6.04. The fourth-order valence-corrected chi connectivity index (χ4v) is 3.26. The quantitative estimate of drug-likeness (QED) is 0.845. The van der Waals surface area contributed by atoms with Crippen molar-refractivity contribution in [1.29, 1.82) is 0 Å². The molecule has 138 valence electrons. The molecule has 0 saturated carbocycles. The Kier molecular flexibility index (Phi) is 5.60.